The van der Waals surface area contributed by atoms with E-state index < -0.39 is 0 Å². The summed E-state index contributed by atoms with van der Waals surface area (Å²) in [5.74, 6) is 1.90. The molecule has 2 heteroatoms. The Hall–Kier alpha value is -0.860. The van der Waals surface area contributed by atoms with Gasteiger partial charge >= 0.3 is 0 Å². The van der Waals surface area contributed by atoms with Gasteiger partial charge in [-0.1, -0.05) is 31.2 Å². The SMILES string of the molecule is CNCCc1ccc(CN(C)CC2CC2C)cc1. The summed E-state index contributed by atoms with van der Waals surface area (Å²) in [5, 5.41) is 3.19. The third-order valence-corrected chi connectivity index (χ3v) is 3.96. The van der Waals surface area contributed by atoms with Crippen LogP contribution < -0.4 is 5.32 Å². The van der Waals surface area contributed by atoms with Crippen LogP contribution in [-0.2, 0) is 13.0 Å². The maximum absolute atomic E-state index is 3.19. The summed E-state index contributed by atoms with van der Waals surface area (Å²) in [5.41, 5.74) is 2.85. The first-order chi connectivity index (χ1) is 8.69. The molecule has 1 aromatic carbocycles. The van der Waals surface area contributed by atoms with Crippen molar-refractivity contribution in [2.45, 2.75) is 26.3 Å². The van der Waals surface area contributed by atoms with Gasteiger partial charge in [-0.2, -0.15) is 0 Å². The summed E-state index contributed by atoms with van der Waals surface area (Å²) < 4.78 is 0. The molecule has 18 heavy (non-hydrogen) atoms. The molecule has 2 nitrogen and oxygen atoms in total. The Balaban J connectivity index is 1.78. The number of rotatable bonds is 7. The maximum atomic E-state index is 3.19. The van der Waals surface area contributed by atoms with E-state index in [9.17, 15) is 0 Å². The molecule has 0 spiro atoms. The van der Waals surface area contributed by atoms with E-state index in [0.717, 1.165) is 31.3 Å². The summed E-state index contributed by atoms with van der Waals surface area (Å²) in [7, 11) is 4.24. The van der Waals surface area contributed by atoms with Crippen LogP contribution in [0.2, 0.25) is 0 Å². The number of likely N-dealkylation sites (N-methyl/N-ethyl adjacent to an activating group) is 1. The van der Waals surface area contributed by atoms with Crippen LogP contribution in [0.1, 0.15) is 24.5 Å². The number of hydrogen-bond donors (Lipinski definition) is 1. The van der Waals surface area contributed by atoms with E-state index in [1.165, 1.54) is 24.1 Å². The maximum Gasteiger partial charge on any atom is 0.0230 e. The first kappa shape index (κ1) is 13.6. The van der Waals surface area contributed by atoms with Crippen molar-refractivity contribution in [3.63, 3.8) is 0 Å². The summed E-state index contributed by atoms with van der Waals surface area (Å²) in [6, 6.07) is 9.08. The third kappa shape index (κ3) is 4.11. The van der Waals surface area contributed by atoms with Crippen molar-refractivity contribution in [3.05, 3.63) is 35.4 Å². The molecule has 1 aliphatic carbocycles. The number of hydrogen-bond acceptors (Lipinski definition) is 2. The van der Waals surface area contributed by atoms with E-state index in [1.54, 1.807) is 0 Å². The Bertz CT molecular complexity index is 358. The van der Waals surface area contributed by atoms with Crippen molar-refractivity contribution in [1.29, 1.82) is 0 Å². The number of benzene rings is 1. The Kier molecular flexibility index (Phi) is 4.79. The van der Waals surface area contributed by atoms with Crippen LogP contribution in [0, 0.1) is 11.8 Å². The lowest BCUT2D eigenvalue weighted by Gasteiger charge is -2.16. The van der Waals surface area contributed by atoms with Crippen molar-refractivity contribution < 1.29 is 0 Å². The molecule has 2 atom stereocenters. The molecule has 1 fully saturated rings. The Morgan fingerprint density at radius 1 is 1.22 bits per heavy atom. The molecule has 2 rings (SSSR count). The van der Waals surface area contributed by atoms with Crippen molar-refractivity contribution in [3.8, 4) is 0 Å². The molecule has 1 aliphatic rings. The second-order valence-corrected chi connectivity index (χ2v) is 5.84. The monoisotopic (exact) mass is 246 g/mol. The molecule has 1 N–H and O–H groups in total. The highest BCUT2D eigenvalue weighted by molar-refractivity contribution is 5.22. The smallest absolute Gasteiger partial charge is 0.0230 e. The molecule has 1 aromatic rings. The largest absolute Gasteiger partial charge is 0.319 e. The molecular weight excluding hydrogens is 220 g/mol. The van der Waals surface area contributed by atoms with E-state index in [4.69, 9.17) is 0 Å². The highest BCUT2D eigenvalue weighted by atomic mass is 15.1. The predicted octanol–water partition coefficient (Wildman–Crippen LogP) is 2.54. The topological polar surface area (TPSA) is 15.3 Å². The van der Waals surface area contributed by atoms with Gasteiger partial charge in [-0.3, -0.25) is 0 Å². The van der Waals surface area contributed by atoms with Gasteiger partial charge in [0.05, 0.1) is 0 Å². The molecule has 100 valence electrons. The minimum absolute atomic E-state index is 0.949. The van der Waals surface area contributed by atoms with Crippen molar-refractivity contribution >= 4 is 0 Å². The lowest BCUT2D eigenvalue weighted by atomic mass is 10.1. The molecule has 0 heterocycles. The molecule has 0 bridgehead atoms. The first-order valence-corrected chi connectivity index (χ1v) is 7.10. The zero-order chi connectivity index (χ0) is 13.0. The van der Waals surface area contributed by atoms with Gasteiger partial charge in [-0.15, -0.1) is 0 Å². The lowest BCUT2D eigenvalue weighted by molar-refractivity contribution is 0.307. The second-order valence-electron chi connectivity index (χ2n) is 5.84. The Morgan fingerprint density at radius 2 is 1.83 bits per heavy atom. The van der Waals surface area contributed by atoms with Crippen LogP contribution in [0.15, 0.2) is 24.3 Å². The van der Waals surface area contributed by atoms with E-state index in [1.807, 2.05) is 7.05 Å². The molecular formula is C16H26N2. The van der Waals surface area contributed by atoms with Gasteiger partial charge in [0.15, 0.2) is 0 Å². The van der Waals surface area contributed by atoms with Gasteiger partial charge in [-0.05, 0) is 56.4 Å². The molecule has 0 aliphatic heterocycles. The predicted molar refractivity (Wildman–Crippen MR) is 77.7 cm³/mol. The zero-order valence-corrected chi connectivity index (χ0v) is 11.9. The average molecular weight is 246 g/mol. The van der Waals surface area contributed by atoms with Crippen molar-refractivity contribution in [2.75, 3.05) is 27.2 Å². The molecule has 1 saturated carbocycles. The quantitative estimate of drug-likeness (QED) is 0.795. The van der Waals surface area contributed by atoms with Gasteiger partial charge in [0.25, 0.3) is 0 Å². The van der Waals surface area contributed by atoms with Crippen molar-refractivity contribution in [1.82, 2.24) is 10.2 Å². The molecule has 0 radical (unpaired) electrons. The Morgan fingerprint density at radius 3 is 2.39 bits per heavy atom. The highest BCUT2D eigenvalue weighted by Crippen LogP contribution is 2.38. The average Bonchev–Trinajstić information content (AvgIpc) is 3.04. The minimum atomic E-state index is 0.949. The lowest BCUT2D eigenvalue weighted by Crippen LogP contribution is -2.20. The molecule has 0 aromatic heterocycles. The van der Waals surface area contributed by atoms with E-state index >= 15 is 0 Å². The van der Waals surface area contributed by atoms with E-state index in [0.29, 0.717) is 0 Å². The van der Waals surface area contributed by atoms with Crippen LogP contribution in [0.5, 0.6) is 0 Å². The summed E-state index contributed by atoms with van der Waals surface area (Å²) in [4.78, 5) is 2.46. The fraction of sp³-hybridized carbons (Fsp3) is 0.625. The molecule has 0 amide bonds. The zero-order valence-electron chi connectivity index (χ0n) is 11.9. The van der Waals surface area contributed by atoms with Crippen LogP contribution in [-0.4, -0.2) is 32.1 Å². The van der Waals surface area contributed by atoms with Gasteiger partial charge in [0.1, 0.15) is 0 Å². The van der Waals surface area contributed by atoms with Crippen LogP contribution in [0.4, 0.5) is 0 Å². The van der Waals surface area contributed by atoms with Crippen LogP contribution in [0.25, 0.3) is 0 Å². The number of nitrogens with zero attached hydrogens (tertiary/aromatic N) is 1. The van der Waals surface area contributed by atoms with Gasteiger partial charge < -0.3 is 10.2 Å². The van der Waals surface area contributed by atoms with Gasteiger partial charge in [-0.25, -0.2) is 0 Å². The number of nitrogens with one attached hydrogen (secondary N) is 1. The minimum Gasteiger partial charge on any atom is -0.319 e. The van der Waals surface area contributed by atoms with Crippen LogP contribution in [0.3, 0.4) is 0 Å². The van der Waals surface area contributed by atoms with E-state index in [2.05, 4.69) is 48.5 Å². The van der Waals surface area contributed by atoms with E-state index in [-0.39, 0.29) is 0 Å². The third-order valence-electron chi connectivity index (χ3n) is 3.96. The Labute approximate surface area is 111 Å². The van der Waals surface area contributed by atoms with Gasteiger partial charge in [0, 0.05) is 13.1 Å². The first-order valence-electron chi connectivity index (χ1n) is 7.10. The van der Waals surface area contributed by atoms with Gasteiger partial charge in [0.2, 0.25) is 0 Å². The highest BCUT2D eigenvalue weighted by Gasteiger charge is 2.32. The summed E-state index contributed by atoms with van der Waals surface area (Å²) in [6.07, 6.45) is 2.54. The fourth-order valence-electron chi connectivity index (χ4n) is 2.51. The summed E-state index contributed by atoms with van der Waals surface area (Å²) in [6.45, 7) is 5.74. The van der Waals surface area contributed by atoms with Crippen molar-refractivity contribution in [2.24, 2.45) is 11.8 Å². The fourth-order valence-corrected chi connectivity index (χ4v) is 2.51. The molecule has 2 unspecified atom stereocenters. The standard InChI is InChI=1S/C16H26N2/c1-13-10-16(13)12-18(3)11-15-6-4-14(5-7-15)8-9-17-2/h4-7,13,16-17H,8-12H2,1-3H3. The summed E-state index contributed by atoms with van der Waals surface area (Å²) >= 11 is 0. The second kappa shape index (κ2) is 6.35. The molecule has 0 saturated heterocycles. The normalized spacial score (nSPS) is 22.4. The van der Waals surface area contributed by atoms with Crippen LogP contribution >= 0.6 is 0 Å².